The van der Waals surface area contributed by atoms with Crippen molar-refractivity contribution in [2.75, 3.05) is 18.0 Å². The first-order valence-electron chi connectivity index (χ1n) is 9.77. The Labute approximate surface area is 160 Å². The monoisotopic (exact) mass is 374 g/mol. The van der Waals surface area contributed by atoms with Crippen LogP contribution in [0.1, 0.15) is 62.2 Å². The van der Waals surface area contributed by atoms with Gasteiger partial charge in [-0.1, -0.05) is 26.7 Å². The van der Waals surface area contributed by atoms with Gasteiger partial charge < -0.3 is 10.2 Å². The molecule has 0 bridgehead atoms. The van der Waals surface area contributed by atoms with Crippen molar-refractivity contribution >= 4 is 33.3 Å². The lowest BCUT2D eigenvalue weighted by Crippen LogP contribution is -2.43. The number of hydrogen-bond donors (Lipinski definition) is 1. The van der Waals surface area contributed by atoms with E-state index in [1.807, 2.05) is 6.92 Å². The van der Waals surface area contributed by atoms with Crippen molar-refractivity contribution in [3.05, 3.63) is 16.8 Å². The molecule has 1 saturated carbocycles. The lowest BCUT2D eigenvalue weighted by atomic mass is 9.78. The number of carbonyl (C=O) groups is 1. The summed E-state index contributed by atoms with van der Waals surface area (Å²) in [6, 6.07) is 0.268. The van der Waals surface area contributed by atoms with E-state index in [4.69, 9.17) is 0 Å². The van der Waals surface area contributed by atoms with E-state index in [0.717, 1.165) is 46.0 Å². The number of hydrogen-bond acceptors (Lipinski definition) is 5. The lowest BCUT2D eigenvalue weighted by molar-refractivity contribution is 0.0895. The second-order valence-electron chi connectivity index (χ2n) is 7.45. The van der Waals surface area contributed by atoms with Crippen molar-refractivity contribution in [2.45, 2.75) is 59.9 Å². The summed E-state index contributed by atoms with van der Waals surface area (Å²) in [6.45, 7) is 12.6. The highest BCUT2D eigenvalue weighted by atomic mass is 32.1. The summed E-state index contributed by atoms with van der Waals surface area (Å²) in [4.78, 5) is 25.8. The van der Waals surface area contributed by atoms with E-state index in [2.05, 4.69) is 47.9 Å². The van der Waals surface area contributed by atoms with E-state index in [1.54, 1.807) is 6.33 Å². The van der Waals surface area contributed by atoms with Crippen LogP contribution in [0.25, 0.3) is 10.2 Å². The van der Waals surface area contributed by atoms with Crippen LogP contribution in [0.2, 0.25) is 0 Å². The van der Waals surface area contributed by atoms with Crippen LogP contribution in [0.4, 0.5) is 5.82 Å². The molecule has 5 nitrogen and oxygen atoms in total. The number of fused-ring (bicyclic) bond motifs is 1. The fourth-order valence-electron chi connectivity index (χ4n) is 4.05. The Hall–Kier alpha value is -1.69. The first kappa shape index (κ1) is 19.1. The van der Waals surface area contributed by atoms with Gasteiger partial charge in [0.15, 0.2) is 0 Å². The number of thiophene rings is 1. The molecule has 26 heavy (non-hydrogen) atoms. The van der Waals surface area contributed by atoms with E-state index in [1.165, 1.54) is 24.2 Å². The van der Waals surface area contributed by atoms with E-state index in [0.29, 0.717) is 11.8 Å². The van der Waals surface area contributed by atoms with Crippen molar-refractivity contribution in [2.24, 2.45) is 11.8 Å². The molecule has 0 aliphatic heterocycles. The van der Waals surface area contributed by atoms with Gasteiger partial charge in [0.1, 0.15) is 17.0 Å². The maximum Gasteiger partial charge on any atom is 0.261 e. The minimum atomic E-state index is 0.0435. The van der Waals surface area contributed by atoms with Crippen molar-refractivity contribution in [3.8, 4) is 0 Å². The van der Waals surface area contributed by atoms with Crippen LogP contribution in [0, 0.1) is 18.8 Å². The van der Waals surface area contributed by atoms with Crippen molar-refractivity contribution in [3.63, 3.8) is 0 Å². The van der Waals surface area contributed by atoms with Crippen molar-refractivity contribution < 1.29 is 4.79 Å². The van der Waals surface area contributed by atoms with Crippen LogP contribution in [0.15, 0.2) is 6.33 Å². The van der Waals surface area contributed by atoms with Gasteiger partial charge in [0.2, 0.25) is 0 Å². The minimum Gasteiger partial charge on any atom is -0.357 e. The molecule has 0 saturated heterocycles. The summed E-state index contributed by atoms with van der Waals surface area (Å²) in [5.74, 6) is 2.17. The molecule has 1 aliphatic rings. The molecule has 1 aliphatic carbocycles. The molecule has 2 aromatic rings. The molecule has 6 heteroatoms. The SMILES string of the molecule is CCN(CC)c1ncnc2sc(C(=O)N[C@@H]3CCC[C@@H](C)[C@@H]3C)c(C)c12. The summed E-state index contributed by atoms with van der Waals surface area (Å²) in [5, 5.41) is 4.33. The van der Waals surface area contributed by atoms with Crippen LogP contribution in [0.5, 0.6) is 0 Å². The topological polar surface area (TPSA) is 58.1 Å². The number of nitrogens with one attached hydrogen (secondary N) is 1. The first-order valence-corrected chi connectivity index (χ1v) is 10.6. The average molecular weight is 375 g/mol. The van der Waals surface area contributed by atoms with E-state index < -0.39 is 0 Å². The van der Waals surface area contributed by atoms with Crippen LogP contribution in [-0.2, 0) is 0 Å². The molecule has 0 radical (unpaired) electrons. The first-order chi connectivity index (χ1) is 12.5. The molecular formula is C20H30N4OS. The Bertz CT molecular complexity index is 783. The van der Waals surface area contributed by atoms with Gasteiger partial charge in [-0.25, -0.2) is 9.97 Å². The zero-order chi connectivity index (χ0) is 18.8. The van der Waals surface area contributed by atoms with E-state index in [9.17, 15) is 4.79 Å². The molecule has 142 valence electrons. The predicted octanol–water partition coefficient (Wildman–Crippen LogP) is 4.40. The third-order valence-corrected chi connectivity index (χ3v) is 7.20. The molecule has 1 N–H and O–H groups in total. The average Bonchev–Trinajstić information content (AvgIpc) is 2.98. The van der Waals surface area contributed by atoms with Crippen LogP contribution in [-0.4, -0.2) is 35.0 Å². The van der Waals surface area contributed by atoms with Crippen LogP contribution >= 0.6 is 11.3 Å². The highest BCUT2D eigenvalue weighted by molar-refractivity contribution is 7.20. The molecule has 2 heterocycles. The van der Waals surface area contributed by atoms with Crippen LogP contribution < -0.4 is 10.2 Å². The number of aromatic nitrogens is 2. The van der Waals surface area contributed by atoms with Gasteiger partial charge in [0.25, 0.3) is 5.91 Å². The lowest BCUT2D eigenvalue weighted by Gasteiger charge is -2.34. The molecular weight excluding hydrogens is 344 g/mol. The Balaban J connectivity index is 1.92. The van der Waals surface area contributed by atoms with Crippen molar-refractivity contribution in [1.82, 2.24) is 15.3 Å². The Morgan fingerprint density at radius 3 is 2.69 bits per heavy atom. The Morgan fingerprint density at radius 2 is 2.00 bits per heavy atom. The predicted molar refractivity (Wildman–Crippen MR) is 109 cm³/mol. The normalized spacial score (nSPS) is 23.2. The number of aryl methyl sites for hydroxylation is 1. The number of rotatable bonds is 5. The molecule has 1 fully saturated rings. The summed E-state index contributed by atoms with van der Waals surface area (Å²) in [6.07, 6.45) is 5.14. The summed E-state index contributed by atoms with van der Waals surface area (Å²) >= 11 is 1.49. The van der Waals surface area contributed by atoms with Gasteiger partial charge in [-0.05, 0) is 44.6 Å². The molecule has 0 unspecified atom stereocenters. The molecule has 3 atom stereocenters. The van der Waals surface area contributed by atoms with Gasteiger partial charge in [-0.15, -0.1) is 11.3 Å². The van der Waals surface area contributed by atoms with Gasteiger partial charge >= 0.3 is 0 Å². The molecule has 0 aromatic carbocycles. The fraction of sp³-hybridized carbons (Fsp3) is 0.650. The number of carbonyl (C=O) groups excluding carboxylic acids is 1. The quantitative estimate of drug-likeness (QED) is 0.843. The zero-order valence-corrected chi connectivity index (χ0v) is 17.3. The highest BCUT2D eigenvalue weighted by Gasteiger charge is 2.30. The maximum atomic E-state index is 13.0. The third kappa shape index (κ3) is 3.43. The molecule has 1 amide bonds. The number of anilines is 1. The summed E-state index contributed by atoms with van der Waals surface area (Å²) in [7, 11) is 0. The van der Waals surface area contributed by atoms with Gasteiger partial charge in [0, 0.05) is 19.1 Å². The maximum absolute atomic E-state index is 13.0. The molecule has 3 rings (SSSR count). The Morgan fingerprint density at radius 1 is 1.27 bits per heavy atom. The van der Waals surface area contributed by atoms with E-state index in [-0.39, 0.29) is 11.9 Å². The zero-order valence-electron chi connectivity index (χ0n) is 16.5. The van der Waals surface area contributed by atoms with Crippen molar-refractivity contribution in [1.29, 1.82) is 0 Å². The minimum absolute atomic E-state index is 0.0435. The van der Waals surface area contributed by atoms with Gasteiger partial charge in [-0.3, -0.25) is 4.79 Å². The third-order valence-electron chi connectivity index (χ3n) is 6.00. The number of amides is 1. The number of nitrogens with zero attached hydrogens (tertiary/aromatic N) is 3. The second-order valence-corrected chi connectivity index (χ2v) is 8.45. The van der Waals surface area contributed by atoms with Gasteiger partial charge in [-0.2, -0.15) is 0 Å². The summed E-state index contributed by atoms with van der Waals surface area (Å²) in [5.41, 5.74) is 1.00. The standard InChI is InChI=1S/C20H30N4OS/c1-6-24(7-2)18-16-14(5)17(26-20(16)22-11-21-18)19(25)23-15-10-8-9-12(3)13(15)4/h11-13,15H,6-10H2,1-5H3,(H,23,25)/t12-,13+,15-/m1/s1. The smallest absolute Gasteiger partial charge is 0.261 e. The van der Waals surface area contributed by atoms with E-state index >= 15 is 0 Å². The largest absolute Gasteiger partial charge is 0.357 e. The highest BCUT2D eigenvalue weighted by Crippen LogP contribution is 2.35. The summed E-state index contributed by atoms with van der Waals surface area (Å²) < 4.78 is 0. The molecule has 0 spiro atoms. The van der Waals surface area contributed by atoms with Gasteiger partial charge in [0.05, 0.1) is 10.3 Å². The molecule has 2 aromatic heterocycles. The van der Waals surface area contributed by atoms with Crippen LogP contribution in [0.3, 0.4) is 0 Å². The Kier molecular flexibility index (Phi) is 5.80. The fourth-order valence-corrected chi connectivity index (χ4v) is 5.10. The second kappa shape index (κ2) is 7.91.